The Morgan fingerprint density at radius 2 is 2.00 bits per heavy atom. The fourth-order valence-corrected chi connectivity index (χ4v) is 2.36. The predicted octanol–water partition coefficient (Wildman–Crippen LogP) is 3.14. The van der Waals surface area contributed by atoms with Crippen molar-refractivity contribution < 1.29 is 0 Å². The molecule has 2 aromatic rings. The Kier molecular flexibility index (Phi) is 3.11. The first kappa shape index (κ1) is 12.0. The Bertz CT molecular complexity index is 576. The normalized spacial score (nSPS) is 14.4. The third-order valence-corrected chi connectivity index (χ3v) is 3.46. The monoisotopic (exact) mass is 253 g/mol. The highest BCUT2D eigenvalue weighted by Gasteiger charge is 2.30. The molecule has 3 rings (SSSR count). The van der Waals surface area contributed by atoms with E-state index in [0.29, 0.717) is 6.04 Å². The molecule has 98 valence electrons. The lowest BCUT2D eigenvalue weighted by Crippen LogP contribution is -2.26. The van der Waals surface area contributed by atoms with Gasteiger partial charge in [-0.15, -0.1) is 0 Å². The summed E-state index contributed by atoms with van der Waals surface area (Å²) in [4.78, 5) is 7.04. The Labute approximate surface area is 114 Å². The van der Waals surface area contributed by atoms with Crippen molar-refractivity contribution in [3.8, 4) is 0 Å². The molecule has 0 bridgehead atoms. The molecule has 1 aliphatic rings. The van der Waals surface area contributed by atoms with Gasteiger partial charge in [-0.05, 0) is 49.6 Å². The average Bonchev–Trinajstić information content (AvgIpc) is 3.20. The quantitative estimate of drug-likeness (QED) is 0.851. The molecule has 2 N–H and O–H groups in total. The molecule has 19 heavy (non-hydrogen) atoms. The van der Waals surface area contributed by atoms with Crippen molar-refractivity contribution in [2.75, 3.05) is 10.6 Å². The molecular formula is C16H19N3. The van der Waals surface area contributed by atoms with Crippen LogP contribution in [0.4, 0.5) is 11.5 Å². The smallest absolute Gasteiger partial charge is 0.129 e. The zero-order chi connectivity index (χ0) is 13.2. The number of nitrogens with two attached hydrogens (primary N) is 1. The summed E-state index contributed by atoms with van der Waals surface area (Å²) in [6.07, 6.45) is 2.52. The van der Waals surface area contributed by atoms with E-state index >= 15 is 0 Å². The molecular weight excluding hydrogens is 234 g/mol. The van der Waals surface area contributed by atoms with Crippen LogP contribution in [0.25, 0.3) is 0 Å². The number of nitrogen functional groups attached to an aromatic ring is 1. The molecule has 0 spiro atoms. The Balaban J connectivity index is 1.86. The number of nitrogens with zero attached hydrogens (tertiary/aromatic N) is 2. The van der Waals surface area contributed by atoms with Gasteiger partial charge in [0.05, 0.1) is 0 Å². The van der Waals surface area contributed by atoms with Crippen LogP contribution in [0.15, 0.2) is 42.5 Å². The van der Waals surface area contributed by atoms with E-state index in [1.165, 1.54) is 18.4 Å². The second-order valence-electron chi connectivity index (χ2n) is 5.24. The fraction of sp³-hybridized carbons (Fsp3) is 0.312. The molecule has 3 nitrogen and oxygen atoms in total. The molecule has 1 aliphatic carbocycles. The summed E-state index contributed by atoms with van der Waals surface area (Å²) < 4.78 is 0. The van der Waals surface area contributed by atoms with E-state index in [2.05, 4.69) is 28.1 Å². The molecule has 0 amide bonds. The van der Waals surface area contributed by atoms with Crippen molar-refractivity contribution in [2.24, 2.45) is 0 Å². The van der Waals surface area contributed by atoms with Crippen LogP contribution in [0, 0.1) is 6.92 Å². The van der Waals surface area contributed by atoms with Crippen LogP contribution >= 0.6 is 0 Å². The van der Waals surface area contributed by atoms with Gasteiger partial charge in [-0.2, -0.15) is 0 Å². The van der Waals surface area contributed by atoms with Crippen molar-refractivity contribution in [1.29, 1.82) is 0 Å². The first-order valence-electron chi connectivity index (χ1n) is 6.77. The second-order valence-corrected chi connectivity index (χ2v) is 5.24. The summed E-state index contributed by atoms with van der Waals surface area (Å²) in [5.41, 5.74) is 8.99. The minimum Gasteiger partial charge on any atom is -0.399 e. The summed E-state index contributed by atoms with van der Waals surface area (Å²) >= 11 is 0. The van der Waals surface area contributed by atoms with E-state index in [-0.39, 0.29) is 0 Å². The number of benzene rings is 1. The van der Waals surface area contributed by atoms with Crippen LogP contribution in [0.3, 0.4) is 0 Å². The Morgan fingerprint density at radius 1 is 1.21 bits per heavy atom. The Morgan fingerprint density at radius 3 is 2.68 bits per heavy atom. The number of pyridine rings is 1. The summed E-state index contributed by atoms with van der Waals surface area (Å²) in [6, 6.07) is 15.0. The number of hydrogen-bond acceptors (Lipinski definition) is 3. The van der Waals surface area contributed by atoms with Gasteiger partial charge in [0.25, 0.3) is 0 Å². The topological polar surface area (TPSA) is 42.1 Å². The standard InChI is InChI=1S/C16H19N3/c1-12-4-2-7-16(18-12)19(15-8-9-15)11-13-5-3-6-14(17)10-13/h2-7,10,15H,8-9,11,17H2,1H3. The van der Waals surface area contributed by atoms with Gasteiger partial charge in [-0.1, -0.05) is 18.2 Å². The SMILES string of the molecule is Cc1cccc(N(Cc2cccc(N)c2)C2CC2)n1. The third kappa shape index (κ3) is 2.87. The highest BCUT2D eigenvalue weighted by Crippen LogP contribution is 2.32. The van der Waals surface area contributed by atoms with Gasteiger partial charge in [0.15, 0.2) is 0 Å². The van der Waals surface area contributed by atoms with Gasteiger partial charge >= 0.3 is 0 Å². The van der Waals surface area contributed by atoms with Crippen molar-refractivity contribution in [3.05, 3.63) is 53.7 Å². The highest BCUT2D eigenvalue weighted by atomic mass is 15.2. The minimum absolute atomic E-state index is 0.635. The molecule has 3 heteroatoms. The van der Waals surface area contributed by atoms with Crippen LogP contribution in [-0.2, 0) is 6.54 Å². The summed E-state index contributed by atoms with van der Waals surface area (Å²) in [7, 11) is 0. The predicted molar refractivity (Wildman–Crippen MR) is 79.0 cm³/mol. The van der Waals surface area contributed by atoms with Crippen LogP contribution in [0.2, 0.25) is 0 Å². The molecule has 0 aliphatic heterocycles. The van der Waals surface area contributed by atoms with E-state index in [1.54, 1.807) is 0 Å². The average molecular weight is 253 g/mol. The highest BCUT2D eigenvalue weighted by molar-refractivity contribution is 5.46. The fourth-order valence-electron chi connectivity index (χ4n) is 2.36. The van der Waals surface area contributed by atoms with E-state index in [9.17, 15) is 0 Å². The molecule has 0 atom stereocenters. The van der Waals surface area contributed by atoms with Crippen LogP contribution in [0.1, 0.15) is 24.1 Å². The molecule has 0 unspecified atom stereocenters. The van der Waals surface area contributed by atoms with Crippen molar-refractivity contribution in [2.45, 2.75) is 32.4 Å². The van der Waals surface area contributed by atoms with E-state index in [0.717, 1.165) is 23.7 Å². The van der Waals surface area contributed by atoms with Crippen molar-refractivity contribution in [3.63, 3.8) is 0 Å². The van der Waals surface area contributed by atoms with Gasteiger partial charge in [0.2, 0.25) is 0 Å². The van der Waals surface area contributed by atoms with Gasteiger partial charge in [-0.25, -0.2) is 4.98 Å². The second kappa shape index (κ2) is 4.92. The van der Waals surface area contributed by atoms with E-state index < -0.39 is 0 Å². The van der Waals surface area contributed by atoms with Crippen molar-refractivity contribution >= 4 is 11.5 Å². The number of aryl methyl sites for hydroxylation is 1. The van der Waals surface area contributed by atoms with E-state index in [4.69, 9.17) is 5.73 Å². The number of rotatable bonds is 4. The first-order chi connectivity index (χ1) is 9.22. The molecule has 1 heterocycles. The maximum atomic E-state index is 5.85. The molecule has 0 radical (unpaired) electrons. The van der Waals surface area contributed by atoms with Gasteiger partial charge in [0, 0.05) is 24.0 Å². The molecule has 0 saturated heterocycles. The largest absolute Gasteiger partial charge is 0.399 e. The molecule has 1 aromatic carbocycles. The number of anilines is 2. The zero-order valence-corrected chi connectivity index (χ0v) is 11.2. The van der Waals surface area contributed by atoms with Gasteiger partial charge < -0.3 is 10.6 Å². The maximum Gasteiger partial charge on any atom is 0.129 e. The van der Waals surface area contributed by atoms with Crippen LogP contribution in [0.5, 0.6) is 0 Å². The maximum absolute atomic E-state index is 5.85. The lowest BCUT2D eigenvalue weighted by molar-refractivity contribution is 0.776. The Hall–Kier alpha value is -2.03. The summed E-state index contributed by atoms with van der Waals surface area (Å²) in [6.45, 7) is 2.92. The molecule has 1 aromatic heterocycles. The number of aromatic nitrogens is 1. The zero-order valence-electron chi connectivity index (χ0n) is 11.2. The number of hydrogen-bond donors (Lipinski definition) is 1. The van der Waals surface area contributed by atoms with Crippen LogP contribution in [-0.4, -0.2) is 11.0 Å². The summed E-state index contributed by atoms with van der Waals surface area (Å²) in [5, 5.41) is 0. The minimum atomic E-state index is 0.635. The van der Waals surface area contributed by atoms with E-state index in [1.807, 2.05) is 31.2 Å². The van der Waals surface area contributed by atoms with Gasteiger partial charge in [-0.3, -0.25) is 0 Å². The van der Waals surface area contributed by atoms with Gasteiger partial charge in [0.1, 0.15) is 5.82 Å². The van der Waals surface area contributed by atoms with Crippen LogP contribution < -0.4 is 10.6 Å². The lowest BCUT2D eigenvalue weighted by atomic mass is 10.2. The molecule has 1 saturated carbocycles. The lowest BCUT2D eigenvalue weighted by Gasteiger charge is -2.24. The molecule has 1 fully saturated rings. The summed E-state index contributed by atoms with van der Waals surface area (Å²) in [5.74, 6) is 1.07. The third-order valence-electron chi connectivity index (χ3n) is 3.46. The first-order valence-corrected chi connectivity index (χ1v) is 6.77. The van der Waals surface area contributed by atoms with Crippen molar-refractivity contribution in [1.82, 2.24) is 4.98 Å².